The first kappa shape index (κ1) is 18.2. The number of sulfone groups is 1. The molecule has 0 aliphatic rings. The normalized spacial score (nSPS) is 11.5. The molecule has 0 saturated carbocycles. The highest BCUT2D eigenvalue weighted by molar-refractivity contribution is 7.90. The molecule has 0 N–H and O–H groups in total. The van der Waals surface area contributed by atoms with Crippen LogP contribution < -0.4 is 4.74 Å². The summed E-state index contributed by atoms with van der Waals surface area (Å²) in [7, 11) is -0.248. The Morgan fingerprint density at radius 1 is 1.29 bits per heavy atom. The number of benzene rings is 1. The molecule has 0 amide bonds. The summed E-state index contributed by atoms with van der Waals surface area (Å²) in [6.07, 6.45) is 4.18. The van der Waals surface area contributed by atoms with Crippen LogP contribution in [0, 0.1) is 6.92 Å². The Labute approximate surface area is 141 Å². The number of ether oxygens (including phenoxy) is 2. The van der Waals surface area contributed by atoms with Crippen molar-refractivity contribution in [2.45, 2.75) is 11.8 Å². The minimum absolute atomic E-state index is 0.0545. The molecule has 7 nitrogen and oxygen atoms in total. The monoisotopic (exact) mass is 352 g/mol. The van der Waals surface area contributed by atoms with Crippen LogP contribution in [0.2, 0.25) is 0 Å². The number of carbonyl (C=O) groups is 1. The van der Waals surface area contributed by atoms with Gasteiger partial charge < -0.3 is 9.47 Å². The van der Waals surface area contributed by atoms with Gasteiger partial charge in [-0.3, -0.25) is 9.48 Å². The number of hydrogen-bond acceptors (Lipinski definition) is 6. The van der Waals surface area contributed by atoms with Crippen molar-refractivity contribution in [1.82, 2.24) is 9.78 Å². The van der Waals surface area contributed by atoms with Gasteiger partial charge in [0, 0.05) is 37.7 Å². The van der Waals surface area contributed by atoms with E-state index in [4.69, 9.17) is 9.47 Å². The molecule has 1 aromatic carbocycles. The first-order valence-corrected chi connectivity index (χ1v) is 9.13. The average Bonchev–Trinajstić information content (AvgIpc) is 2.93. The van der Waals surface area contributed by atoms with Gasteiger partial charge in [0.1, 0.15) is 17.3 Å². The Kier molecular flexibility index (Phi) is 5.40. The van der Waals surface area contributed by atoms with Crippen molar-refractivity contribution in [3.8, 4) is 5.75 Å². The standard InChI is InChI=1S/C16H20N2O5S/c1-11-13(15(19)12-9-17-18(2)10-12)5-6-14(24(4,20)21)16(11)23-8-7-22-3/h5-6,9-10H,7-8H2,1-4H3. The molecule has 130 valence electrons. The van der Waals surface area contributed by atoms with Gasteiger partial charge in [-0.2, -0.15) is 5.10 Å². The second-order valence-electron chi connectivity index (χ2n) is 5.41. The van der Waals surface area contributed by atoms with Crippen molar-refractivity contribution in [2.75, 3.05) is 26.6 Å². The predicted octanol–water partition coefficient (Wildman–Crippen LogP) is 1.39. The van der Waals surface area contributed by atoms with Gasteiger partial charge in [-0.15, -0.1) is 0 Å². The van der Waals surface area contributed by atoms with Crippen LogP contribution in [0.25, 0.3) is 0 Å². The van der Waals surface area contributed by atoms with Crippen LogP contribution in [0.5, 0.6) is 5.75 Å². The van der Waals surface area contributed by atoms with Crippen LogP contribution in [0.15, 0.2) is 29.4 Å². The van der Waals surface area contributed by atoms with E-state index in [0.29, 0.717) is 23.3 Å². The summed E-state index contributed by atoms with van der Waals surface area (Å²) in [5.41, 5.74) is 1.28. The lowest BCUT2D eigenvalue weighted by molar-refractivity contribution is 0.103. The molecule has 0 unspecified atom stereocenters. The fourth-order valence-electron chi connectivity index (χ4n) is 2.31. The topological polar surface area (TPSA) is 87.5 Å². The molecule has 0 aliphatic heterocycles. The van der Waals surface area contributed by atoms with E-state index >= 15 is 0 Å². The first-order valence-electron chi connectivity index (χ1n) is 7.24. The number of rotatable bonds is 7. The lowest BCUT2D eigenvalue weighted by atomic mass is 10.0. The Bertz CT molecular complexity index is 855. The van der Waals surface area contributed by atoms with Crippen LogP contribution in [-0.4, -0.2) is 50.6 Å². The molecule has 1 heterocycles. The highest BCUT2D eigenvalue weighted by atomic mass is 32.2. The Hall–Kier alpha value is -2.19. The summed E-state index contributed by atoms with van der Waals surface area (Å²) in [5, 5.41) is 3.98. The lowest BCUT2D eigenvalue weighted by Gasteiger charge is -2.15. The Morgan fingerprint density at radius 2 is 2.00 bits per heavy atom. The summed E-state index contributed by atoms with van der Waals surface area (Å²) < 4.78 is 36.0. The third-order valence-electron chi connectivity index (χ3n) is 3.51. The fraction of sp³-hybridized carbons (Fsp3) is 0.375. The third kappa shape index (κ3) is 3.82. The second kappa shape index (κ2) is 7.14. The SMILES string of the molecule is COCCOc1c(S(C)(=O)=O)ccc(C(=O)c2cnn(C)c2)c1C. The maximum atomic E-state index is 12.6. The zero-order valence-corrected chi connectivity index (χ0v) is 14.9. The van der Waals surface area contributed by atoms with Crippen LogP contribution in [0.4, 0.5) is 0 Å². The van der Waals surface area contributed by atoms with E-state index < -0.39 is 9.84 Å². The van der Waals surface area contributed by atoms with Crippen molar-refractivity contribution in [3.63, 3.8) is 0 Å². The smallest absolute Gasteiger partial charge is 0.196 e. The van der Waals surface area contributed by atoms with Gasteiger partial charge >= 0.3 is 0 Å². The van der Waals surface area contributed by atoms with Gasteiger partial charge in [-0.25, -0.2) is 8.42 Å². The molecule has 2 rings (SSSR count). The molecule has 0 aliphatic carbocycles. The second-order valence-corrected chi connectivity index (χ2v) is 7.39. The molecule has 24 heavy (non-hydrogen) atoms. The fourth-order valence-corrected chi connectivity index (χ4v) is 3.17. The van der Waals surface area contributed by atoms with Crippen molar-refractivity contribution in [1.29, 1.82) is 0 Å². The first-order chi connectivity index (χ1) is 11.3. The summed E-state index contributed by atoms with van der Waals surface area (Å²) in [5.74, 6) is -0.0541. The van der Waals surface area contributed by atoms with Crippen molar-refractivity contribution < 1.29 is 22.7 Å². The van der Waals surface area contributed by atoms with Gasteiger partial charge in [-0.1, -0.05) is 0 Å². The molecule has 0 atom stereocenters. The maximum Gasteiger partial charge on any atom is 0.196 e. The van der Waals surface area contributed by atoms with E-state index in [1.807, 2.05) is 0 Å². The van der Waals surface area contributed by atoms with Crippen molar-refractivity contribution in [2.24, 2.45) is 7.05 Å². The molecule has 0 fully saturated rings. The average molecular weight is 352 g/mol. The number of aromatic nitrogens is 2. The third-order valence-corrected chi connectivity index (χ3v) is 4.64. The highest BCUT2D eigenvalue weighted by Crippen LogP contribution is 2.31. The largest absolute Gasteiger partial charge is 0.490 e. The summed E-state index contributed by atoms with van der Waals surface area (Å²) in [4.78, 5) is 12.7. The zero-order valence-electron chi connectivity index (χ0n) is 14.1. The van der Waals surface area contributed by atoms with E-state index in [0.717, 1.165) is 6.26 Å². The summed E-state index contributed by atoms with van der Waals surface area (Å²) in [6.45, 7) is 2.16. The molecule has 2 aromatic rings. The van der Waals surface area contributed by atoms with Gasteiger partial charge in [0.15, 0.2) is 15.6 Å². The molecule has 0 spiro atoms. The van der Waals surface area contributed by atoms with Crippen LogP contribution in [0.1, 0.15) is 21.5 Å². The van der Waals surface area contributed by atoms with Gasteiger partial charge in [0.25, 0.3) is 0 Å². The van der Waals surface area contributed by atoms with E-state index in [-0.39, 0.29) is 23.0 Å². The van der Waals surface area contributed by atoms with E-state index in [1.54, 1.807) is 20.2 Å². The van der Waals surface area contributed by atoms with Gasteiger partial charge in [-0.05, 0) is 19.1 Å². The molecule has 8 heteroatoms. The number of aryl methyl sites for hydroxylation is 1. The zero-order chi connectivity index (χ0) is 17.9. The minimum atomic E-state index is -3.49. The van der Waals surface area contributed by atoms with Crippen LogP contribution in [0.3, 0.4) is 0 Å². The number of nitrogens with zero attached hydrogens (tertiary/aromatic N) is 2. The van der Waals surface area contributed by atoms with Crippen molar-refractivity contribution in [3.05, 3.63) is 41.2 Å². The summed E-state index contributed by atoms with van der Waals surface area (Å²) in [6, 6.07) is 2.90. The highest BCUT2D eigenvalue weighted by Gasteiger charge is 2.22. The van der Waals surface area contributed by atoms with Crippen LogP contribution in [-0.2, 0) is 21.6 Å². The number of ketones is 1. The summed E-state index contributed by atoms with van der Waals surface area (Å²) >= 11 is 0. The van der Waals surface area contributed by atoms with E-state index in [1.165, 1.54) is 30.1 Å². The number of carbonyl (C=O) groups excluding carboxylic acids is 1. The molecule has 1 aromatic heterocycles. The van der Waals surface area contributed by atoms with Crippen molar-refractivity contribution >= 4 is 15.6 Å². The quantitative estimate of drug-likeness (QED) is 0.553. The number of hydrogen-bond donors (Lipinski definition) is 0. The van der Waals surface area contributed by atoms with E-state index in [2.05, 4.69) is 5.10 Å². The van der Waals surface area contributed by atoms with Gasteiger partial charge in [0.05, 0.1) is 18.4 Å². The van der Waals surface area contributed by atoms with E-state index in [9.17, 15) is 13.2 Å². The number of methoxy groups -OCH3 is 1. The molecule has 0 bridgehead atoms. The molecular weight excluding hydrogens is 332 g/mol. The molecule has 0 radical (unpaired) electrons. The molecule has 0 saturated heterocycles. The Balaban J connectivity index is 2.51. The Morgan fingerprint density at radius 3 is 2.54 bits per heavy atom. The lowest BCUT2D eigenvalue weighted by Crippen LogP contribution is -2.12. The molecular formula is C16H20N2O5S. The van der Waals surface area contributed by atoms with Crippen LogP contribution >= 0.6 is 0 Å². The maximum absolute atomic E-state index is 12.6. The minimum Gasteiger partial charge on any atom is -0.490 e. The van der Waals surface area contributed by atoms with Gasteiger partial charge in [0.2, 0.25) is 0 Å². The predicted molar refractivity (Wildman–Crippen MR) is 88.3 cm³/mol.